The van der Waals surface area contributed by atoms with E-state index in [4.69, 9.17) is 4.74 Å². The summed E-state index contributed by atoms with van der Waals surface area (Å²) in [5.41, 5.74) is 1.74. The lowest BCUT2D eigenvalue weighted by molar-refractivity contribution is -0.119. The molecule has 1 N–H and O–H groups in total. The minimum atomic E-state index is -2.57. The monoisotopic (exact) mass is 408 g/mol. The third kappa shape index (κ3) is 4.67. The second kappa shape index (κ2) is 7.38. The molecule has 0 atom stereocenters. The molecular weight excluding hydrogens is 388 g/mol. The van der Waals surface area contributed by atoms with E-state index in [0.717, 1.165) is 23.8 Å². The maximum atomic E-state index is 13.4. The molecule has 0 radical (unpaired) electrons. The zero-order valence-corrected chi connectivity index (χ0v) is 15.5. The van der Waals surface area contributed by atoms with Crippen molar-refractivity contribution < 1.29 is 23.7 Å². The first-order valence-corrected chi connectivity index (χ1v) is 9.03. The van der Waals surface area contributed by atoms with Crippen molar-refractivity contribution in [3.05, 3.63) is 59.9 Å². The van der Waals surface area contributed by atoms with E-state index < -0.39 is 17.6 Å². The van der Waals surface area contributed by atoms with Gasteiger partial charge < -0.3 is 10.1 Å². The van der Waals surface area contributed by atoms with Gasteiger partial charge in [0.25, 0.3) is 0 Å². The number of rotatable bonds is 6. The van der Waals surface area contributed by atoms with Gasteiger partial charge >= 0.3 is 0 Å². The average molecular weight is 408 g/mol. The van der Waals surface area contributed by atoms with Crippen molar-refractivity contribution in [2.24, 2.45) is 5.92 Å². The number of benzene rings is 2. The van der Waals surface area contributed by atoms with Crippen LogP contribution in [0.5, 0.6) is 5.75 Å². The number of nitrogens with one attached hydrogen (secondary N) is 1. The highest BCUT2D eigenvalue weighted by molar-refractivity contribution is 5.57. The van der Waals surface area contributed by atoms with Gasteiger partial charge in [0, 0.05) is 38.0 Å². The minimum Gasteiger partial charge on any atom is -0.493 e. The summed E-state index contributed by atoms with van der Waals surface area (Å²) in [6.07, 6.45) is 1.04. The van der Waals surface area contributed by atoms with E-state index in [1.807, 2.05) is 19.1 Å². The highest BCUT2D eigenvalue weighted by atomic mass is 19.3. The predicted octanol–water partition coefficient (Wildman–Crippen LogP) is 5.27. The van der Waals surface area contributed by atoms with Crippen LogP contribution in [0.1, 0.15) is 19.8 Å². The lowest BCUT2D eigenvalue weighted by atomic mass is 9.82. The Morgan fingerprint density at radius 1 is 1.14 bits per heavy atom. The van der Waals surface area contributed by atoms with Crippen molar-refractivity contribution in [2.75, 3.05) is 11.9 Å². The molecule has 0 unspecified atom stereocenters. The molecule has 0 spiro atoms. The zero-order valence-electron chi connectivity index (χ0n) is 15.5. The molecule has 154 valence electrons. The molecular formula is C20H20F4N4O. The summed E-state index contributed by atoms with van der Waals surface area (Å²) in [6, 6.07) is 8.43. The number of aryl methyl sites for hydroxylation is 1. The maximum absolute atomic E-state index is 13.4. The summed E-state index contributed by atoms with van der Waals surface area (Å²) in [7, 11) is 0. The highest BCUT2D eigenvalue weighted by Gasteiger charge is 2.45. The van der Waals surface area contributed by atoms with Gasteiger partial charge in [0.15, 0.2) is 0 Å². The minimum absolute atomic E-state index is 0. The van der Waals surface area contributed by atoms with Gasteiger partial charge in [0.2, 0.25) is 11.9 Å². The molecule has 0 aliphatic heterocycles. The van der Waals surface area contributed by atoms with E-state index in [0.29, 0.717) is 11.4 Å². The molecule has 1 aliphatic rings. The van der Waals surface area contributed by atoms with Crippen molar-refractivity contribution in [3.63, 3.8) is 0 Å². The van der Waals surface area contributed by atoms with E-state index in [9.17, 15) is 17.6 Å². The smallest absolute Gasteiger partial charge is 0.248 e. The largest absolute Gasteiger partial charge is 0.493 e. The van der Waals surface area contributed by atoms with Crippen LogP contribution in [0, 0.1) is 24.5 Å². The second-order valence-electron chi connectivity index (χ2n) is 7.24. The lowest BCUT2D eigenvalue weighted by Crippen LogP contribution is -2.38. The maximum Gasteiger partial charge on any atom is 0.248 e. The third-order valence-electron chi connectivity index (χ3n) is 4.57. The van der Waals surface area contributed by atoms with Gasteiger partial charge in [-0.1, -0.05) is 0 Å². The molecule has 1 saturated carbocycles. The highest BCUT2D eigenvalue weighted by Crippen LogP contribution is 2.42. The molecule has 1 heterocycles. The standard InChI is InChI=1S/C20H18F4N4O.H2/c1-12-2-16(7-18(3-12)29-10-13-8-20(23,24)9-13)26-19-25-11-28(27-19)17-5-14(21)4-15(22)6-17;/h2-7,11,13H,8-10H2,1H3,(H,26,27);1H. The van der Waals surface area contributed by atoms with E-state index in [1.165, 1.54) is 11.0 Å². The molecule has 29 heavy (non-hydrogen) atoms. The van der Waals surface area contributed by atoms with E-state index in [1.54, 1.807) is 6.07 Å². The Balaban J connectivity index is 0.00000256. The van der Waals surface area contributed by atoms with Crippen LogP contribution in [0.15, 0.2) is 42.7 Å². The number of nitrogens with zero attached hydrogens (tertiary/aromatic N) is 3. The Hall–Kier alpha value is -3.10. The second-order valence-corrected chi connectivity index (χ2v) is 7.24. The number of ether oxygens (including phenoxy) is 1. The summed E-state index contributed by atoms with van der Waals surface area (Å²) in [5.74, 6) is -3.36. The molecule has 1 aliphatic carbocycles. The molecule has 3 aromatic rings. The lowest BCUT2D eigenvalue weighted by Gasteiger charge is -2.34. The fourth-order valence-electron chi connectivity index (χ4n) is 3.27. The van der Waals surface area contributed by atoms with Crippen molar-refractivity contribution in [1.82, 2.24) is 14.8 Å². The number of aromatic nitrogens is 3. The fraction of sp³-hybridized carbons (Fsp3) is 0.300. The Labute approximate surface area is 165 Å². The summed E-state index contributed by atoms with van der Waals surface area (Å²) < 4.78 is 59.5. The van der Waals surface area contributed by atoms with Crippen LogP contribution >= 0.6 is 0 Å². The molecule has 2 aromatic carbocycles. The Bertz CT molecular complexity index is 1020. The van der Waals surface area contributed by atoms with E-state index >= 15 is 0 Å². The van der Waals surface area contributed by atoms with Crippen LogP contribution in [-0.2, 0) is 0 Å². The van der Waals surface area contributed by atoms with Gasteiger partial charge in [-0.3, -0.25) is 0 Å². The Kier molecular flexibility index (Phi) is 4.89. The van der Waals surface area contributed by atoms with E-state index in [2.05, 4.69) is 15.4 Å². The molecule has 0 saturated heterocycles. The van der Waals surface area contributed by atoms with Gasteiger partial charge in [-0.15, -0.1) is 5.10 Å². The van der Waals surface area contributed by atoms with Crippen LogP contribution in [0.2, 0.25) is 0 Å². The fourth-order valence-corrected chi connectivity index (χ4v) is 3.27. The van der Waals surface area contributed by atoms with Crippen molar-refractivity contribution in [2.45, 2.75) is 25.7 Å². The average Bonchev–Trinajstić information content (AvgIpc) is 3.05. The molecule has 4 rings (SSSR count). The molecule has 0 bridgehead atoms. The van der Waals surface area contributed by atoms with Gasteiger partial charge in [-0.05, 0) is 36.8 Å². The predicted molar refractivity (Wildman–Crippen MR) is 101 cm³/mol. The Morgan fingerprint density at radius 3 is 2.55 bits per heavy atom. The normalized spacial score (nSPS) is 15.8. The topological polar surface area (TPSA) is 52.0 Å². The Morgan fingerprint density at radius 2 is 1.86 bits per heavy atom. The van der Waals surface area contributed by atoms with Crippen LogP contribution < -0.4 is 10.1 Å². The van der Waals surface area contributed by atoms with E-state index in [-0.39, 0.29) is 38.4 Å². The van der Waals surface area contributed by atoms with Crippen LogP contribution in [0.25, 0.3) is 5.69 Å². The summed E-state index contributed by atoms with van der Waals surface area (Å²) in [5, 5.41) is 7.17. The first kappa shape index (κ1) is 19.2. The molecule has 9 heteroatoms. The van der Waals surface area contributed by atoms with Gasteiger partial charge in [-0.25, -0.2) is 22.2 Å². The molecule has 0 amide bonds. The molecule has 1 fully saturated rings. The number of hydrogen-bond donors (Lipinski definition) is 1. The first-order valence-electron chi connectivity index (χ1n) is 9.03. The van der Waals surface area contributed by atoms with Gasteiger partial charge in [0.1, 0.15) is 23.7 Å². The van der Waals surface area contributed by atoms with Crippen LogP contribution in [0.3, 0.4) is 0 Å². The molecule has 1 aromatic heterocycles. The van der Waals surface area contributed by atoms with Crippen molar-refractivity contribution >= 4 is 11.6 Å². The number of alkyl halides is 2. The summed E-state index contributed by atoms with van der Waals surface area (Å²) in [4.78, 5) is 4.09. The number of halogens is 4. The zero-order chi connectivity index (χ0) is 20.6. The number of hydrogen-bond acceptors (Lipinski definition) is 4. The quantitative estimate of drug-likeness (QED) is 0.565. The van der Waals surface area contributed by atoms with Crippen LogP contribution in [-0.4, -0.2) is 27.3 Å². The van der Waals surface area contributed by atoms with Crippen LogP contribution in [0.4, 0.5) is 29.2 Å². The summed E-state index contributed by atoms with van der Waals surface area (Å²) >= 11 is 0. The molecule has 5 nitrogen and oxygen atoms in total. The third-order valence-corrected chi connectivity index (χ3v) is 4.57. The van der Waals surface area contributed by atoms with Gasteiger partial charge in [0.05, 0.1) is 12.3 Å². The SMILES string of the molecule is Cc1cc(Nc2ncn(-c3cc(F)cc(F)c3)n2)cc(OCC2CC(F)(F)C2)c1.[HH]. The van der Waals surface area contributed by atoms with Gasteiger partial charge in [-0.2, -0.15) is 4.98 Å². The first-order chi connectivity index (χ1) is 13.8. The number of anilines is 2. The van der Waals surface area contributed by atoms with Crippen molar-refractivity contribution in [3.8, 4) is 11.4 Å². The van der Waals surface area contributed by atoms with Crippen molar-refractivity contribution in [1.29, 1.82) is 0 Å². The summed E-state index contributed by atoms with van der Waals surface area (Å²) in [6.45, 7) is 2.10.